The molecule has 14 heavy (non-hydrogen) atoms. The minimum Gasteiger partial charge on any atom is -0.325 e. The molecule has 0 amide bonds. The lowest BCUT2D eigenvalue weighted by atomic mass is 10.3. The SMILES string of the molecule is CCC(=O)ON(N)c1cccc(I)c1. The molecule has 0 spiro atoms. The van der Waals surface area contributed by atoms with Crippen molar-refractivity contribution in [2.24, 2.45) is 5.84 Å². The maximum atomic E-state index is 10.9. The van der Waals surface area contributed by atoms with Gasteiger partial charge in [-0.1, -0.05) is 13.0 Å². The zero-order chi connectivity index (χ0) is 10.6. The number of hydrogen-bond donors (Lipinski definition) is 1. The van der Waals surface area contributed by atoms with Crippen molar-refractivity contribution in [3.05, 3.63) is 27.8 Å². The summed E-state index contributed by atoms with van der Waals surface area (Å²) in [6, 6.07) is 7.37. The number of nitrogens with two attached hydrogens (primary N) is 1. The lowest BCUT2D eigenvalue weighted by Gasteiger charge is -2.16. The van der Waals surface area contributed by atoms with Crippen LogP contribution in [0, 0.1) is 3.57 Å². The number of nitrogens with zero attached hydrogens (tertiary/aromatic N) is 1. The van der Waals surface area contributed by atoms with Gasteiger partial charge in [0.05, 0.1) is 5.69 Å². The third-order valence-electron chi connectivity index (χ3n) is 1.55. The van der Waals surface area contributed by atoms with E-state index in [4.69, 9.17) is 10.7 Å². The van der Waals surface area contributed by atoms with Gasteiger partial charge in [0.2, 0.25) is 0 Å². The molecular formula is C9H11IN2O2. The molecule has 0 aliphatic carbocycles. The Kier molecular flexibility index (Phi) is 4.15. The van der Waals surface area contributed by atoms with E-state index in [1.54, 1.807) is 13.0 Å². The highest BCUT2D eigenvalue weighted by molar-refractivity contribution is 14.1. The van der Waals surface area contributed by atoms with E-state index < -0.39 is 0 Å². The van der Waals surface area contributed by atoms with Crippen LogP contribution in [0.15, 0.2) is 24.3 Å². The van der Waals surface area contributed by atoms with Gasteiger partial charge in [0.1, 0.15) is 0 Å². The van der Waals surface area contributed by atoms with E-state index in [1.165, 1.54) is 0 Å². The van der Waals surface area contributed by atoms with Gasteiger partial charge < -0.3 is 4.84 Å². The number of hydrazine groups is 1. The van der Waals surface area contributed by atoms with Crippen LogP contribution >= 0.6 is 22.6 Å². The molecule has 0 aliphatic heterocycles. The second-order valence-electron chi connectivity index (χ2n) is 2.62. The van der Waals surface area contributed by atoms with Crippen molar-refractivity contribution < 1.29 is 9.63 Å². The number of carbonyl (C=O) groups excluding carboxylic acids is 1. The van der Waals surface area contributed by atoms with Gasteiger partial charge in [-0.25, -0.2) is 10.6 Å². The van der Waals surface area contributed by atoms with E-state index in [9.17, 15) is 4.79 Å². The first-order chi connectivity index (χ1) is 6.63. The van der Waals surface area contributed by atoms with E-state index in [1.807, 2.05) is 18.2 Å². The standard InChI is InChI=1S/C9H11IN2O2/c1-2-9(13)14-12(11)8-5-3-4-7(10)6-8/h3-6H,2,11H2,1H3. The maximum Gasteiger partial charge on any atom is 0.334 e. The fraction of sp³-hybridized carbons (Fsp3) is 0.222. The van der Waals surface area contributed by atoms with E-state index in [0.29, 0.717) is 12.1 Å². The van der Waals surface area contributed by atoms with Crippen LogP contribution in [0.5, 0.6) is 0 Å². The van der Waals surface area contributed by atoms with Crippen LogP contribution in [0.3, 0.4) is 0 Å². The minimum absolute atomic E-state index is 0.303. The molecule has 0 saturated heterocycles. The molecule has 0 radical (unpaired) electrons. The molecule has 1 aromatic rings. The van der Waals surface area contributed by atoms with E-state index in [2.05, 4.69) is 22.6 Å². The summed E-state index contributed by atoms with van der Waals surface area (Å²) >= 11 is 2.16. The van der Waals surface area contributed by atoms with Gasteiger partial charge in [-0.05, 0) is 40.8 Å². The van der Waals surface area contributed by atoms with Crippen LogP contribution in [-0.4, -0.2) is 5.97 Å². The molecule has 4 nitrogen and oxygen atoms in total. The summed E-state index contributed by atoms with van der Waals surface area (Å²) in [5, 5.41) is 0.980. The van der Waals surface area contributed by atoms with Crippen LogP contribution in [0.2, 0.25) is 0 Å². The van der Waals surface area contributed by atoms with Crippen LogP contribution in [0.4, 0.5) is 5.69 Å². The molecule has 1 rings (SSSR count). The van der Waals surface area contributed by atoms with Crippen molar-refractivity contribution >= 4 is 34.2 Å². The zero-order valence-electron chi connectivity index (χ0n) is 7.74. The molecule has 0 fully saturated rings. The van der Waals surface area contributed by atoms with E-state index >= 15 is 0 Å². The fourth-order valence-electron chi connectivity index (χ4n) is 0.840. The average Bonchev–Trinajstić information content (AvgIpc) is 2.17. The van der Waals surface area contributed by atoms with Gasteiger partial charge in [-0.2, -0.15) is 0 Å². The van der Waals surface area contributed by atoms with Crippen LogP contribution in [0.25, 0.3) is 0 Å². The summed E-state index contributed by atoms with van der Waals surface area (Å²) in [7, 11) is 0. The third-order valence-corrected chi connectivity index (χ3v) is 2.22. The predicted molar refractivity (Wildman–Crippen MR) is 62.2 cm³/mol. The molecule has 0 aromatic heterocycles. The first-order valence-corrected chi connectivity index (χ1v) is 5.22. The molecule has 76 valence electrons. The summed E-state index contributed by atoms with van der Waals surface area (Å²) in [5.74, 6) is 5.17. The smallest absolute Gasteiger partial charge is 0.325 e. The highest BCUT2D eigenvalue weighted by Gasteiger charge is 2.06. The quantitative estimate of drug-likeness (QED) is 0.526. The summed E-state index contributed by atoms with van der Waals surface area (Å²) in [4.78, 5) is 15.7. The van der Waals surface area contributed by atoms with E-state index in [-0.39, 0.29) is 5.97 Å². The van der Waals surface area contributed by atoms with Gasteiger partial charge in [-0.3, -0.25) is 0 Å². The van der Waals surface area contributed by atoms with Crippen molar-refractivity contribution in [2.75, 3.05) is 5.17 Å². The first-order valence-electron chi connectivity index (χ1n) is 4.14. The molecule has 1 aromatic carbocycles. The van der Waals surface area contributed by atoms with Gasteiger partial charge in [0.15, 0.2) is 0 Å². The molecule has 0 bridgehead atoms. The van der Waals surface area contributed by atoms with Crippen LogP contribution in [-0.2, 0) is 9.63 Å². The molecule has 0 aliphatic rings. The fourth-order valence-corrected chi connectivity index (χ4v) is 1.37. The maximum absolute atomic E-state index is 10.9. The largest absolute Gasteiger partial charge is 0.334 e. The van der Waals surface area contributed by atoms with Gasteiger partial charge in [0, 0.05) is 9.99 Å². The molecule has 2 N–H and O–H groups in total. The lowest BCUT2D eigenvalue weighted by molar-refractivity contribution is -0.144. The Morgan fingerprint density at radius 2 is 2.36 bits per heavy atom. The van der Waals surface area contributed by atoms with Crippen LogP contribution < -0.4 is 11.0 Å². The second-order valence-corrected chi connectivity index (χ2v) is 3.87. The molecular weight excluding hydrogens is 295 g/mol. The Labute approximate surface area is 96.1 Å². The first kappa shape index (κ1) is 11.3. The molecule has 0 saturated carbocycles. The number of anilines is 1. The Morgan fingerprint density at radius 1 is 1.64 bits per heavy atom. The Hall–Kier alpha value is -0.820. The zero-order valence-corrected chi connectivity index (χ0v) is 9.89. The normalized spacial score (nSPS) is 9.64. The number of hydrogen-bond acceptors (Lipinski definition) is 4. The highest BCUT2D eigenvalue weighted by atomic mass is 127. The predicted octanol–water partition coefficient (Wildman–Crippen LogP) is 1.84. The monoisotopic (exact) mass is 306 g/mol. The van der Waals surface area contributed by atoms with Crippen molar-refractivity contribution in [1.82, 2.24) is 0 Å². The van der Waals surface area contributed by atoms with E-state index in [0.717, 1.165) is 8.74 Å². The van der Waals surface area contributed by atoms with Gasteiger partial charge in [-0.15, -0.1) is 5.17 Å². The highest BCUT2D eigenvalue weighted by Crippen LogP contribution is 2.15. The van der Waals surface area contributed by atoms with Gasteiger partial charge >= 0.3 is 5.97 Å². The Bertz CT molecular complexity index is 330. The van der Waals surface area contributed by atoms with Crippen molar-refractivity contribution in [2.45, 2.75) is 13.3 Å². The number of halogens is 1. The summed E-state index contributed by atoms with van der Waals surface area (Å²) in [5.41, 5.74) is 0.652. The molecule has 0 heterocycles. The number of carbonyl (C=O) groups is 1. The van der Waals surface area contributed by atoms with Crippen LogP contribution in [0.1, 0.15) is 13.3 Å². The molecule has 0 atom stereocenters. The Balaban J connectivity index is 2.69. The summed E-state index contributed by atoms with van der Waals surface area (Å²) < 4.78 is 1.03. The topological polar surface area (TPSA) is 55.6 Å². The molecule has 0 unspecified atom stereocenters. The summed E-state index contributed by atoms with van der Waals surface area (Å²) in [6.45, 7) is 1.71. The van der Waals surface area contributed by atoms with Crippen molar-refractivity contribution in [1.29, 1.82) is 0 Å². The van der Waals surface area contributed by atoms with Crippen molar-refractivity contribution in [3.8, 4) is 0 Å². The Morgan fingerprint density at radius 3 is 2.93 bits per heavy atom. The van der Waals surface area contributed by atoms with Crippen molar-refractivity contribution in [3.63, 3.8) is 0 Å². The second kappa shape index (κ2) is 5.16. The number of rotatable bonds is 3. The lowest BCUT2D eigenvalue weighted by Crippen LogP contribution is -2.33. The van der Waals surface area contributed by atoms with Gasteiger partial charge in [0.25, 0.3) is 0 Å². The molecule has 5 heteroatoms. The third kappa shape index (κ3) is 3.15. The average molecular weight is 306 g/mol. The number of benzene rings is 1. The summed E-state index contributed by atoms with van der Waals surface area (Å²) in [6.07, 6.45) is 0.303. The minimum atomic E-state index is -0.355.